The number of carbonyl (C=O) groups excluding carboxylic acids is 1. The van der Waals surface area contributed by atoms with Crippen molar-refractivity contribution in [3.63, 3.8) is 0 Å². The van der Waals surface area contributed by atoms with E-state index in [0.717, 1.165) is 49.0 Å². The molecule has 0 radical (unpaired) electrons. The zero-order valence-corrected chi connectivity index (χ0v) is 18.6. The van der Waals surface area contributed by atoms with Gasteiger partial charge in [0.15, 0.2) is 6.10 Å². The van der Waals surface area contributed by atoms with E-state index in [9.17, 15) is 18.0 Å². The second kappa shape index (κ2) is 10.0. The summed E-state index contributed by atoms with van der Waals surface area (Å²) in [5.41, 5.74) is 4.80. The van der Waals surface area contributed by atoms with E-state index in [-0.39, 0.29) is 5.91 Å². The third-order valence-electron chi connectivity index (χ3n) is 6.58. The molecule has 5 rings (SSSR count). The Morgan fingerprint density at radius 2 is 1.68 bits per heavy atom. The lowest BCUT2D eigenvalue weighted by Gasteiger charge is -2.36. The lowest BCUT2D eigenvalue weighted by Crippen LogP contribution is -2.41. The fourth-order valence-electron chi connectivity index (χ4n) is 4.49. The van der Waals surface area contributed by atoms with Crippen LogP contribution in [0.3, 0.4) is 0 Å². The van der Waals surface area contributed by atoms with Gasteiger partial charge < -0.3 is 15.2 Å². The second-order valence-corrected chi connectivity index (χ2v) is 8.81. The third-order valence-corrected chi connectivity index (χ3v) is 6.58. The van der Waals surface area contributed by atoms with Crippen LogP contribution in [0, 0.1) is 0 Å². The van der Waals surface area contributed by atoms with E-state index in [1.807, 2.05) is 30.3 Å². The molecule has 0 aromatic heterocycles. The van der Waals surface area contributed by atoms with E-state index < -0.39 is 18.2 Å². The average molecular weight is 476 g/mol. The van der Waals surface area contributed by atoms with Crippen molar-refractivity contribution < 1.29 is 32.6 Å². The Kier molecular flexibility index (Phi) is 7.11. The number of fused-ring (bicyclic) bond motifs is 2. The van der Waals surface area contributed by atoms with Crippen LogP contribution < -0.4 is 10.1 Å². The van der Waals surface area contributed by atoms with E-state index in [2.05, 4.69) is 22.3 Å². The molecule has 3 aliphatic rings. The van der Waals surface area contributed by atoms with Crippen molar-refractivity contribution in [1.29, 1.82) is 0 Å². The minimum atomic E-state index is -5.08. The molecular weight excluding hydrogens is 449 g/mol. The SMILES string of the molecule is O=C(Nc1ccc2c(c1)CCN(C1CCC1)CC2)C1Cc2ccccc2O1.O=C(O)C(F)(F)F. The minimum Gasteiger partial charge on any atom is -0.480 e. The number of carboxylic acids is 1. The Morgan fingerprint density at radius 3 is 2.29 bits per heavy atom. The molecule has 0 spiro atoms. The minimum absolute atomic E-state index is 0.0594. The molecule has 1 atom stereocenters. The lowest BCUT2D eigenvalue weighted by atomic mass is 9.91. The van der Waals surface area contributed by atoms with Crippen LogP contribution >= 0.6 is 0 Å². The molecular formula is C25H27F3N2O4. The smallest absolute Gasteiger partial charge is 0.480 e. The molecule has 6 nitrogen and oxygen atoms in total. The molecule has 34 heavy (non-hydrogen) atoms. The first-order chi connectivity index (χ1) is 16.2. The van der Waals surface area contributed by atoms with Crippen LogP contribution in [0.15, 0.2) is 42.5 Å². The molecule has 182 valence electrons. The van der Waals surface area contributed by atoms with Gasteiger partial charge in [-0.2, -0.15) is 13.2 Å². The average Bonchev–Trinajstić information content (AvgIpc) is 3.09. The van der Waals surface area contributed by atoms with Gasteiger partial charge in [0.05, 0.1) is 0 Å². The number of amides is 1. The first-order valence-corrected chi connectivity index (χ1v) is 11.4. The van der Waals surface area contributed by atoms with Crippen molar-refractivity contribution in [2.45, 2.75) is 56.8 Å². The Morgan fingerprint density at radius 1 is 1.00 bits per heavy atom. The maximum absolute atomic E-state index is 12.7. The van der Waals surface area contributed by atoms with Gasteiger partial charge in [-0.05, 0) is 60.6 Å². The summed E-state index contributed by atoms with van der Waals surface area (Å²) in [6, 6.07) is 15.1. The van der Waals surface area contributed by atoms with E-state index in [1.54, 1.807) is 0 Å². The molecule has 0 saturated heterocycles. The molecule has 1 fully saturated rings. The summed E-state index contributed by atoms with van der Waals surface area (Å²) in [4.78, 5) is 24.2. The number of nitrogens with zero attached hydrogens (tertiary/aromatic N) is 1. The van der Waals surface area contributed by atoms with Crippen molar-refractivity contribution in [2.75, 3.05) is 18.4 Å². The maximum atomic E-state index is 12.7. The van der Waals surface area contributed by atoms with Gasteiger partial charge >= 0.3 is 12.1 Å². The number of benzene rings is 2. The predicted molar refractivity (Wildman–Crippen MR) is 120 cm³/mol. The van der Waals surface area contributed by atoms with Crippen molar-refractivity contribution >= 4 is 17.6 Å². The van der Waals surface area contributed by atoms with Gasteiger partial charge in [0.25, 0.3) is 5.91 Å². The molecule has 2 aromatic carbocycles. The van der Waals surface area contributed by atoms with Crippen LogP contribution in [0.1, 0.15) is 36.0 Å². The number of carboxylic acid groups (broad SMARTS) is 1. The molecule has 2 N–H and O–H groups in total. The van der Waals surface area contributed by atoms with E-state index >= 15 is 0 Å². The Hall–Kier alpha value is -3.07. The number of rotatable bonds is 3. The number of ether oxygens (including phenoxy) is 1. The predicted octanol–water partition coefficient (Wildman–Crippen LogP) is 4.22. The highest BCUT2D eigenvalue weighted by Gasteiger charge is 2.38. The second-order valence-electron chi connectivity index (χ2n) is 8.81. The summed E-state index contributed by atoms with van der Waals surface area (Å²) in [5.74, 6) is -1.99. The van der Waals surface area contributed by atoms with Crippen molar-refractivity contribution in [1.82, 2.24) is 4.90 Å². The van der Waals surface area contributed by atoms with Crippen LogP contribution in [-0.2, 0) is 28.9 Å². The van der Waals surface area contributed by atoms with Crippen molar-refractivity contribution in [3.05, 3.63) is 59.2 Å². The largest absolute Gasteiger partial charge is 0.490 e. The summed E-state index contributed by atoms with van der Waals surface area (Å²) < 4.78 is 37.6. The van der Waals surface area contributed by atoms with E-state index in [1.165, 1.54) is 30.4 Å². The molecule has 2 aromatic rings. The number of halogens is 3. The molecule has 0 bridgehead atoms. The van der Waals surface area contributed by atoms with Gasteiger partial charge in [0.1, 0.15) is 5.75 Å². The van der Waals surface area contributed by atoms with Gasteiger partial charge in [-0.25, -0.2) is 4.79 Å². The molecule has 1 aliphatic carbocycles. The van der Waals surface area contributed by atoms with Gasteiger partial charge in [-0.15, -0.1) is 0 Å². The molecule has 9 heteroatoms. The summed E-state index contributed by atoms with van der Waals surface area (Å²) in [5, 5.41) is 10.2. The first-order valence-electron chi connectivity index (χ1n) is 11.4. The number of alkyl halides is 3. The lowest BCUT2D eigenvalue weighted by molar-refractivity contribution is -0.192. The molecule has 1 unspecified atom stereocenters. The Balaban J connectivity index is 0.000000344. The topological polar surface area (TPSA) is 78.9 Å². The molecule has 1 saturated carbocycles. The zero-order valence-electron chi connectivity index (χ0n) is 18.6. The highest BCUT2D eigenvalue weighted by molar-refractivity contribution is 5.95. The van der Waals surface area contributed by atoms with Crippen LogP contribution in [0.5, 0.6) is 5.75 Å². The van der Waals surface area contributed by atoms with Crippen LogP contribution in [0.2, 0.25) is 0 Å². The van der Waals surface area contributed by atoms with Gasteiger partial charge in [-0.3, -0.25) is 9.69 Å². The summed E-state index contributed by atoms with van der Waals surface area (Å²) >= 11 is 0. The van der Waals surface area contributed by atoms with Gasteiger partial charge in [0, 0.05) is 31.2 Å². The normalized spacial score (nSPS) is 19.9. The van der Waals surface area contributed by atoms with Crippen LogP contribution in [0.25, 0.3) is 0 Å². The highest BCUT2D eigenvalue weighted by atomic mass is 19.4. The van der Waals surface area contributed by atoms with E-state index in [4.69, 9.17) is 14.6 Å². The summed E-state index contributed by atoms with van der Waals surface area (Å²) in [6.45, 7) is 2.30. The number of carbonyl (C=O) groups is 2. The number of anilines is 1. The van der Waals surface area contributed by atoms with Crippen molar-refractivity contribution in [2.24, 2.45) is 0 Å². The zero-order chi connectivity index (χ0) is 24.3. The number of hydrogen-bond acceptors (Lipinski definition) is 4. The van der Waals surface area contributed by atoms with E-state index in [0.29, 0.717) is 6.42 Å². The fraction of sp³-hybridized carbons (Fsp3) is 0.440. The quantitative estimate of drug-likeness (QED) is 0.694. The summed E-state index contributed by atoms with van der Waals surface area (Å²) in [7, 11) is 0. The molecule has 2 aliphatic heterocycles. The third kappa shape index (κ3) is 5.70. The number of aliphatic carboxylic acids is 1. The van der Waals surface area contributed by atoms with Gasteiger partial charge in [-0.1, -0.05) is 30.7 Å². The molecule has 1 amide bonds. The maximum Gasteiger partial charge on any atom is 0.490 e. The summed E-state index contributed by atoms with van der Waals surface area (Å²) in [6.07, 6.45) is 1.42. The first kappa shape index (κ1) is 24.1. The standard InChI is InChI=1S/C23H26N2O2.C2HF3O2/c26-23(22-15-18-4-1-2-7-21(18)27-22)24-19-9-8-16-10-12-25(20-5-3-6-20)13-11-17(16)14-19;3-2(4,5)1(6)7/h1-2,4,7-9,14,20,22H,3,5-6,10-13,15H2,(H,24,26);(H,6,7). The monoisotopic (exact) mass is 476 g/mol. The van der Waals surface area contributed by atoms with Crippen molar-refractivity contribution in [3.8, 4) is 5.75 Å². The number of para-hydroxylation sites is 1. The van der Waals surface area contributed by atoms with Crippen LogP contribution in [-0.4, -0.2) is 53.3 Å². The number of hydrogen-bond donors (Lipinski definition) is 2. The Bertz CT molecular complexity index is 1030. The fourth-order valence-corrected chi connectivity index (χ4v) is 4.49. The Labute approximate surface area is 195 Å². The molecule has 2 heterocycles. The highest BCUT2D eigenvalue weighted by Crippen LogP contribution is 2.30. The van der Waals surface area contributed by atoms with Crippen LogP contribution in [0.4, 0.5) is 18.9 Å². The van der Waals surface area contributed by atoms with Gasteiger partial charge in [0.2, 0.25) is 0 Å². The number of nitrogens with one attached hydrogen (secondary N) is 1.